The number of carbonyl (C=O) groups is 2. The van der Waals surface area contributed by atoms with E-state index in [4.69, 9.17) is 24.3 Å². The number of esters is 2. The quantitative estimate of drug-likeness (QED) is 0.0377. The van der Waals surface area contributed by atoms with Crippen molar-refractivity contribution < 1.29 is 37.6 Å². The largest absolute Gasteiger partial charge is 0.472 e. The molecule has 0 aliphatic carbocycles. The Balaban J connectivity index is 3.76. The Morgan fingerprint density at radius 2 is 0.957 bits per heavy atom. The van der Waals surface area contributed by atoms with E-state index in [1.807, 2.05) is 6.92 Å². The van der Waals surface area contributed by atoms with Crippen LogP contribution in [0.1, 0.15) is 187 Å². The number of hydrogen-bond acceptors (Lipinski definition) is 8. The van der Waals surface area contributed by atoms with Crippen molar-refractivity contribution in [2.75, 3.05) is 26.4 Å². The summed E-state index contributed by atoms with van der Waals surface area (Å²) in [6.45, 7) is 3.48. The van der Waals surface area contributed by atoms with E-state index < -0.39 is 32.5 Å². The van der Waals surface area contributed by atoms with Gasteiger partial charge < -0.3 is 20.1 Å². The van der Waals surface area contributed by atoms with Crippen molar-refractivity contribution in [3.63, 3.8) is 0 Å². The molecule has 0 fully saturated rings. The van der Waals surface area contributed by atoms with Crippen LogP contribution in [0, 0.1) is 0 Å². The van der Waals surface area contributed by atoms with Crippen LogP contribution in [0.15, 0.2) is 0 Å². The molecule has 46 heavy (non-hydrogen) atoms. The standard InChI is InChI=1S/C36H72NO8P/c1-3-5-7-8-9-10-11-12-13-14-15-16-17-18-19-20-21-22-23-24-25-26-27-29-36(39)45-34(32-42-35(38)28-6-4-2)33-44-46(40,41)43-31-30-37/h34H,3-33,37H2,1-2H3,(H,40,41). The minimum atomic E-state index is -4.34. The van der Waals surface area contributed by atoms with Gasteiger partial charge in [-0.3, -0.25) is 18.6 Å². The average molecular weight is 678 g/mol. The lowest BCUT2D eigenvalue weighted by atomic mass is 10.0. The topological polar surface area (TPSA) is 134 Å². The van der Waals surface area contributed by atoms with Gasteiger partial charge in [0.05, 0.1) is 13.2 Å². The van der Waals surface area contributed by atoms with Gasteiger partial charge in [0.2, 0.25) is 0 Å². The van der Waals surface area contributed by atoms with Gasteiger partial charge >= 0.3 is 19.8 Å². The second kappa shape index (κ2) is 33.9. The molecule has 0 saturated heterocycles. The SMILES string of the molecule is CCCCCCCCCCCCCCCCCCCCCCCCCC(=O)OC(COC(=O)CCCC)COP(=O)(O)OCCN. The number of hydrogen-bond donors (Lipinski definition) is 2. The smallest absolute Gasteiger partial charge is 0.462 e. The summed E-state index contributed by atoms with van der Waals surface area (Å²) in [6.07, 6.45) is 31.3. The molecule has 0 aliphatic rings. The van der Waals surface area contributed by atoms with Gasteiger partial charge in [-0.15, -0.1) is 0 Å². The highest BCUT2D eigenvalue weighted by Crippen LogP contribution is 2.43. The van der Waals surface area contributed by atoms with Gasteiger partial charge in [-0.1, -0.05) is 162 Å². The molecule has 0 aromatic heterocycles. The van der Waals surface area contributed by atoms with Crippen molar-refractivity contribution in [1.82, 2.24) is 0 Å². The molecule has 0 aliphatic heterocycles. The monoisotopic (exact) mass is 677 g/mol. The van der Waals surface area contributed by atoms with E-state index in [0.29, 0.717) is 12.8 Å². The van der Waals surface area contributed by atoms with Crippen LogP contribution in [0.5, 0.6) is 0 Å². The number of ether oxygens (including phenoxy) is 2. The fourth-order valence-electron chi connectivity index (χ4n) is 5.38. The molecular formula is C36H72NO8P. The second-order valence-corrected chi connectivity index (χ2v) is 14.3. The van der Waals surface area contributed by atoms with Gasteiger partial charge in [-0.25, -0.2) is 4.57 Å². The fraction of sp³-hybridized carbons (Fsp3) is 0.944. The van der Waals surface area contributed by atoms with E-state index in [1.165, 1.54) is 128 Å². The number of carbonyl (C=O) groups excluding carboxylic acids is 2. The summed E-state index contributed by atoms with van der Waals surface area (Å²) in [5, 5.41) is 0. The molecule has 0 aromatic rings. The first kappa shape index (κ1) is 45.0. The van der Waals surface area contributed by atoms with Crippen molar-refractivity contribution >= 4 is 19.8 Å². The van der Waals surface area contributed by atoms with Crippen molar-refractivity contribution in [3.05, 3.63) is 0 Å². The third-order valence-electron chi connectivity index (χ3n) is 8.24. The summed E-state index contributed by atoms with van der Waals surface area (Å²) in [4.78, 5) is 34.0. The lowest BCUT2D eigenvalue weighted by molar-refractivity contribution is -0.161. The van der Waals surface area contributed by atoms with Crippen molar-refractivity contribution in [1.29, 1.82) is 0 Å². The number of phosphoric ester groups is 1. The Kier molecular flexibility index (Phi) is 33.2. The number of rotatable bonds is 36. The maximum absolute atomic E-state index is 12.4. The molecule has 0 bridgehead atoms. The van der Waals surface area contributed by atoms with E-state index in [9.17, 15) is 19.0 Å². The average Bonchev–Trinajstić information content (AvgIpc) is 3.04. The molecule has 0 amide bonds. The summed E-state index contributed by atoms with van der Waals surface area (Å²) in [7, 11) is -4.34. The molecule has 9 nitrogen and oxygen atoms in total. The van der Waals surface area contributed by atoms with Crippen molar-refractivity contribution in [2.24, 2.45) is 5.73 Å². The van der Waals surface area contributed by atoms with Crippen LogP contribution in [0.4, 0.5) is 0 Å². The predicted octanol–water partition coefficient (Wildman–Crippen LogP) is 10.1. The Morgan fingerprint density at radius 1 is 0.565 bits per heavy atom. The van der Waals surface area contributed by atoms with Crippen LogP contribution in [-0.2, 0) is 32.7 Å². The zero-order valence-electron chi connectivity index (χ0n) is 29.8. The van der Waals surface area contributed by atoms with E-state index in [1.54, 1.807) is 0 Å². The highest BCUT2D eigenvalue weighted by molar-refractivity contribution is 7.47. The zero-order chi connectivity index (χ0) is 34.0. The molecule has 0 heterocycles. The summed E-state index contributed by atoms with van der Waals surface area (Å²) < 4.78 is 32.2. The maximum atomic E-state index is 12.4. The molecule has 0 radical (unpaired) electrons. The van der Waals surface area contributed by atoms with Gasteiger partial charge in [0, 0.05) is 19.4 Å². The minimum Gasteiger partial charge on any atom is -0.462 e. The maximum Gasteiger partial charge on any atom is 0.472 e. The zero-order valence-corrected chi connectivity index (χ0v) is 30.7. The molecule has 0 spiro atoms. The number of unbranched alkanes of at least 4 members (excludes halogenated alkanes) is 23. The minimum absolute atomic E-state index is 0.0565. The Labute approximate surface area is 282 Å². The third-order valence-corrected chi connectivity index (χ3v) is 9.23. The summed E-state index contributed by atoms with van der Waals surface area (Å²) in [5.41, 5.74) is 5.29. The van der Waals surface area contributed by atoms with E-state index in [-0.39, 0.29) is 32.6 Å². The molecule has 0 saturated carbocycles. The van der Waals surface area contributed by atoms with Gasteiger partial charge in [0.1, 0.15) is 6.61 Å². The summed E-state index contributed by atoms with van der Waals surface area (Å²) >= 11 is 0. The van der Waals surface area contributed by atoms with E-state index >= 15 is 0 Å². The van der Waals surface area contributed by atoms with Gasteiger partial charge in [0.15, 0.2) is 6.10 Å². The van der Waals surface area contributed by atoms with Crippen LogP contribution in [0.3, 0.4) is 0 Å². The third kappa shape index (κ3) is 32.9. The Bertz CT molecular complexity index is 739. The summed E-state index contributed by atoms with van der Waals surface area (Å²) in [6, 6.07) is 0. The molecule has 0 aromatic carbocycles. The first-order valence-corrected chi connectivity index (χ1v) is 20.5. The molecule has 10 heteroatoms. The normalized spacial score (nSPS) is 13.4. The van der Waals surface area contributed by atoms with E-state index in [0.717, 1.165) is 19.3 Å². The number of phosphoric acid groups is 1. The van der Waals surface area contributed by atoms with Crippen LogP contribution < -0.4 is 5.73 Å². The lowest BCUT2D eigenvalue weighted by Gasteiger charge is -2.19. The van der Waals surface area contributed by atoms with E-state index in [2.05, 4.69) is 6.92 Å². The van der Waals surface area contributed by atoms with Crippen LogP contribution in [0.25, 0.3) is 0 Å². The lowest BCUT2D eigenvalue weighted by Crippen LogP contribution is -2.29. The first-order chi connectivity index (χ1) is 22.3. The first-order valence-electron chi connectivity index (χ1n) is 19.0. The Morgan fingerprint density at radius 3 is 1.37 bits per heavy atom. The molecule has 0 rings (SSSR count). The highest BCUT2D eigenvalue weighted by Gasteiger charge is 2.25. The van der Waals surface area contributed by atoms with Crippen molar-refractivity contribution in [3.8, 4) is 0 Å². The van der Waals surface area contributed by atoms with Crippen molar-refractivity contribution in [2.45, 2.75) is 193 Å². The van der Waals surface area contributed by atoms with Crippen LogP contribution in [0.2, 0.25) is 0 Å². The summed E-state index contributed by atoms with van der Waals surface area (Å²) in [5.74, 6) is -0.860. The van der Waals surface area contributed by atoms with Crippen LogP contribution in [-0.4, -0.2) is 49.3 Å². The second-order valence-electron chi connectivity index (χ2n) is 12.8. The predicted molar refractivity (Wildman–Crippen MR) is 188 cm³/mol. The highest BCUT2D eigenvalue weighted by atomic mass is 31.2. The molecule has 274 valence electrons. The molecular weight excluding hydrogens is 605 g/mol. The van der Waals surface area contributed by atoms with Crippen LogP contribution >= 0.6 is 7.82 Å². The Hall–Kier alpha value is -0.990. The molecule has 2 unspecified atom stereocenters. The molecule has 2 atom stereocenters. The van der Waals surface area contributed by atoms with Gasteiger partial charge in [-0.05, 0) is 12.8 Å². The fourth-order valence-corrected chi connectivity index (χ4v) is 6.14. The number of nitrogens with two attached hydrogens (primary N) is 1. The van der Waals surface area contributed by atoms with Gasteiger partial charge in [-0.2, -0.15) is 0 Å². The molecule has 3 N–H and O–H groups in total. The van der Waals surface area contributed by atoms with Gasteiger partial charge in [0.25, 0.3) is 0 Å².